The lowest BCUT2D eigenvalue weighted by Crippen LogP contribution is -2.08. The van der Waals surface area contributed by atoms with Crippen LogP contribution in [0.5, 0.6) is 0 Å². The van der Waals surface area contributed by atoms with Crippen molar-refractivity contribution in [2.75, 3.05) is 0 Å². The van der Waals surface area contributed by atoms with Gasteiger partial charge in [-0.1, -0.05) is 55.5 Å². The second-order valence-corrected chi connectivity index (χ2v) is 7.66. The third kappa shape index (κ3) is 4.49. The zero-order valence-electron chi connectivity index (χ0n) is 18.3. The molecule has 158 valence electrons. The second kappa shape index (κ2) is 9.40. The lowest BCUT2D eigenvalue weighted by Gasteiger charge is -2.11. The van der Waals surface area contributed by atoms with Gasteiger partial charge in [0.05, 0.1) is 22.8 Å². The molecule has 0 saturated heterocycles. The number of rotatable bonds is 6. The van der Waals surface area contributed by atoms with Crippen molar-refractivity contribution in [3.8, 4) is 33.6 Å². The molecular formula is C28H26N4. The first-order chi connectivity index (χ1) is 15.6. The van der Waals surface area contributed by atoms with Gasteiger partial charge < -0.3 is 11.1 Å². The Kier molecular flexibility index (Phi) is 6.22. The molecule has 0 aliphatic rings. The van der Waals surface area contributed by atoms with Crippen molar-refractivity contribution in [1.82, 2.24) is 9.97 Å². The highest BCUT2D eigenvalue weighted by Gasteiger charge is 2.10. The topological polar surface area (TPSA) is 75.7 Å². The van der Waals surface area contributed by atoms with Crippen molar-refractivity contribution in [2.45, 2.75) is 20.3 Å². The number of hydrogen-bond acceptors (Lipinski definition) is 4. The third-order valence-electron chi connectivity index (χ3n) is 5.55. The third-order valence-corrected chi connectivity index (χ3v) is 5.55. The smallest absolute Gasteiger partial charge is 0.0869 e. The maximum absolute atomic E-state index is 8.07. The first kappa shape index (κ1) is 21.2. The van der Waals surface area contributed by atoms with Crippen LogP contribution in [-0.2, 0) is 0 Å². The molecule has 4 heteroatoms. The molecule has 0 radical (unpaired) electrons. The summed E-state index contributed by atoms with van der Waals surface area (Å²) >= 11 is 0. The van der Waals surface area contributed by atoms with Gasteiger partial charge in [-0.3, -0.25) is 4.98 Å². The highest BCUT2D eigenvalue weighted by molar-refractivity contribution is 6.03. The highest BCUT2D eigenvalue weighted by Crippen LogP contribution is 2.29. The standard InChI is InChI=1S/C28H26N4/c1-3-24(29)19(2)28(30)27-15-8-14-26(32-27)23-12-7-10-21(18-23)20-9-6-11-22(17-20)25-13-4-5-16-31-25/h4-18,29H,3,30H2,1-2H3/b28-19-,29-24?. The van der Waals surface area contributed by atoms with E-state index in [2.05, 4.69) is 47.4 Å². The number of hydrogen-bond donors (Lipinski definition) is 2. The number of pyridine rings is 2. The van der Waals surface area contributed by atoms with Crippen LogP contribution >= 0.6 is 0 Å². The highest BCUT2D eigenvalue weighted by atomic mass is 14.8. The summed E-state index contributed by atoms with van der Waals surface area (Å²) in [5.41, 5.74) is 15.0. The molecule has 2 aromatic heterocycles. The van der Waals surface area contributed by atoms with E-state index in [1.54, 1.807) is 0 Å². The van der Waals surface area contributed by atoms with Crippen molar-refractivity contribution in [1.29, 1.82) is 5.41 Å². The maximum atomic E-state index is 8.07. The van der Waals surface area contributed by atoms with Crippen molar-refractivity contribution in [3.05, 3.63) is 102 Å². The van der Waals surface area contributed by atoms with E-state index in [1.165, 1.54) is 0 Å². The van der Waals surface area contributed by atoms with Gasteiger partial charge in [-0.15, -0.1) is 0 Å². The molecule has 4 aromatic rings. The van der Waals surface area contributed by atoms with Crippen LogP contribution in [0.3, 0.4) is 0 Å². The van der Waals surface area contributed by atoms with Crippen LogP contribution in [0.4, 0.5) is 0 Å². The quantitative estimate of drug-likeness (QED) is 0.347. The average Bonchev–Trinajstić information content (AvgIpc) is 2.88. The number of nitrogens with zero attached hydrogens (tertiary/aromatic N) is 2. The maximum Gasteiger partial charge on any atom is 0.0869 e. The Balaban J connectivity index is 1.70. The van der Waals surface area contributed by atoms with Gasteiger partial charge in [0.1, 0.15) is 0 Å². The van der Waals surface area contributed by atoms with Gasteiger partial charge in [0.15, 0.2) is 0 Å². The normalized spacial score (nSPS) is 11.7. The Morgan fingerprint density at radius 1 is 0.781 bits per heavy atom. The number of allylic oxidation sites excluding steroid dienone is 1. The van der Waals surface area contributed by atoms with Crippen LogP contribution in [0, 0.1) is 5.41 Å². The largest absolute Gasteiger partial charge is 0.397 e. The van der Waals surface area contributed by atoms with E-state index >= 15 is 0 Å². The predicted octanol–water partition coefficient (Wildman–Crippen LogP) is 6.60. The van der Waals surface area contributed by atoms with Crippen molar-refractivity contribution in [3.63, 3.8) is 0 Å². The predicted molar refractivity (Wildman–Crippen MR) is 133 cm³/mol. The van der Waals surface area contributed by atoms with Crippen LogP contribution in [0.15, 0.2) is 96.7 Å². The lowest BCUT2D eigenvalue weighted by molar-refractivity contribution is 1.20. The summed E-state index contributed by atoms with van der Waals surface area (Å²) < 4.78 is 0. The number of nitrogens with two attached hydrogens (primary N) is 1. The molecule has 4 nitrogen and oxygen atoms in total. The zero-order chi connectivity index (χ0) is 22.5. The summed E-state index contributed by atoms with van der Waals surface area (Å²) in [6, 6.07) is 28.5. The SMILES string of the molecule is CCC(=N)/C(C)=C(\N)c1cccc(-c2cccc(-c3cccc(-c4ccccn4)c3)c2)n1. The van der Waals surface area contributed by atoms with Crippen LogP contribution in [0.25, 0.3) is 39.3 Å². The first-order valence-electron chi connectivity index (χ1n) is 10.7. The molecule has 3 N–H and O–H groups in total. The van der Waals surface area contributed by atoms with E-state index in [4.69, 9.17) is 16.1 Å². The molecule has 32 heavy (non-hydrogen) atoms. The average molecular weight is 419 g/mol. The van der Waals surface area contributed by atoms with E-state index in [1.807, 2.05) is 62.5 Å². The second-order valence-electron chi connectivity index (χ2n) is 7.66. The van der Waals surface area contributed by atoms with Crippen LogP contribution in [0.2, 0.25) is 0 Å². The van der Waals surface area contributed by atoms with Crippen molar-refractivity contribution >= 4 is 11.4 Å². The molecule has 2 aromatic carbocycles. The van der Waals surface area contributed by atoms with E-state index in [9.17, 15) is 0 Å². The van der Waals surface area contributed by atoms with Gasteiger partial charge in [-0.25, -0.2) is 4.98 Å². The molecule has 0 amide bonds. The van der Waals surface area contributed by atoms with E-state index in [-0.39, 0.29) is 0 Å². The number of aromatic nitrogens is 2. The number of nitrogens with one attached hydrogen (secondary N) is 1. The molecule has 0 bridgehead atoms. The summed E-state index contributed by atoms with van der Waals surface area (Å²) in [5.74, 6) is 0. The summed E-state index contributed by atoms with van der Waals surface area (Å²) in [7, 11) is 0. The van der Waals surface area contributed by atoms with Crippen molar-refractivity contribution < 1.29 is 0 Å². The molecule has 0 fully saturated rings. The van der Waals surface area contributed by atoms with Crippen LogP contribution in [-0.4, -0.2) is 15.7 Å². The fraction of sp³-hybridized carbons (Fsp3) is 0.107. The van der Waals surface area contributed by atoms with Gasteiger partial charge in [0.25, 0.3) is 0 Å². The van der Waals surface area contributed by atoms with E-state index < -0.39 is 0 Å². The molecule has 0 atom stereocenters. The molecule has 0 spiro atoms. The van der Waals surface area contributed by atoms with Gasteiger partial charge in [-0.05, 0) is 66.4 Å². The fourth-order valence-electron chi connectivity index (χ4n) is 3.62. The minimum atomic E-state index is 0.532. The van der Waals surface area contributed by atoms with Gasteiger partial charge in [-0.2, -0.15) is 0 Å². The minimum absolute atomic E-state index is 0.532. The summed E-state index contributed by atoms with van der Waals surface area (Å²) in [6.45, 7) is 3.84. The molecule has 0 unspecified atom stereocenters. The lowest BCUT2D eigenvalue weighted by atomic mass is 9.98. The molecule has 0 aliphatic carbocycles. The van der Waals surface area contributed by atoms with Crippen LogP contribution in [0.1, 0.15) is 26.0 Å². The summed E-state index contributed by atoms with van der Waals surface area (Å²) in [6.07, 6.45) is 2.46. The van der Waals surface area contributed by atoms with Gasteiger partial charge >= 0.3 is 0 Å². The summed E-state index contributed by atoms with van der Waals surface area (Å²) in [5, 5.41) is 8.07. The molecule has 2 heterocycles. The Labute approximate surface area is 189 Å². The number of benzene rings is 2. The molecule has 0 saturated carbocycles. The molecule has 4 rings (SSSR count). The minimum Gasteiger partial charge on any atom is -0.397 e. The Morgan fingerprint density at radius 3 is 2.00 bits per heavy atom. The van der Waals surface area contributed by atoms with Gasteiger partial charge in [0.2, 0.25) is 0 Å². The first-order valence-corrected chi connectivity index (χ1v) is 10.7. The van der Waals surface area contributed by atoms with E-state index in [0.717, 1.165) is 39.2 Å². The fourth-order valence-corrected chi connectivity index (χ4v) is 3.62. The van der Waals surface area contributed by atoms with E-state index in [0.29, 0.717) is 23.5 Å². The Morgan fingerprint density at radius 2 is 1.38 bits per heavy atom. The molecule has 0 aliphatic heterocycles. The summed E-state index contributed by atoms with van der Waals surface area (Å²) in [4.78, 5) is 9.26. The Hall–Kier alpha value is -4.05. The zero-order valence-corrected chi connectivity index (χ0v) is 18.3. The monoisotopic (exact) mass is 418 g/mol. The Bertz CT molecular complexity index is 1290. The van der Waals surface area contributed by atoms with Crippen molar-refractivity contribution in [2.24, 2.45) is 5.73 Å². The van der Waals surface area contributed by atoms with Gasteiger partial charge in [0, 0.05) is 23.0 Å². The molecular weight excluding hydrogens is 392 g/mol. The van der Waals surface area contributed by atoms with Crippen LogP contribution < -0.4 is 5.73 Å².